The number of rotatable bonds is 2. The van der Waals surface area contributed by atoms with E-state index in [-0.39, 0.29) is 11.4 Å². The molecule has 20 heavy (non-hydrogen) atoms. The molecule has 0 amide bonds. The van der Waals surface area contributed by atoms with Crippen LogP contribution in [0.2, 0.25) is 0 Å². The van der Waals surface area contributed by atoms with Crippen LogP contribution in [0.15, 0.2) is 28.1 Å². The van der Waals surface area contributed by atoms with E-state index in [9.17, 15) is 4.39 Å². The molecule has 1 aromatic carbocycles. The number of nitrogens with zero attached hydrogens (tertiary/aromatic N) is 2. The monoisotopic (exact) mass is 356 g/mol. The average Bonchev–Trinajstić information content (AvgIpc) is 2.95. The second-order valence-electron chi connectivity index (χ2n) is 5.36. The Balaban J connectivity index is 1.94. The minimum atomic E-state index is -0.270. The van der Waals surface area contributed by atoms with Gasteiger partial charge in [-0.3, -0.25) is 0 Å². The van der Waals surface area contributed by atoms with Crippen LogP contribution >= 0.6 is 27.3 Å². The van der Waals surface area contributed by atoms with Crippen molar-refractivity contribution in [2.24, 2.45) is 0 Å². The fourth-order valence-corrected chi connectivity index (χ4v) is 3.47. The molecule has 0 radical (unpaired) electrons. The van der Waals surface area contributed by atoms with Crippen molar-refractivity contribution in [2.75, 3.05) is 18.2 Å². The fraction of sp³-hybridized carbons (Fsp3) is 0.357. The summed E-state index contributed by atoms with van der Waals surface area (Å²) in [4.78, 5) is 6.67. The topological polar surface area (TPSA) is 25.4 Å². The van der Waals surface area contributed by atoms with E-state index in [0.717, 1.165) is 9.60 Å². The first-order valence-electron chi connectivity index (χ1n) is 6.24. The highest BCUT2D eigenvalue weighted by Crippen LogP contribution is 2.35. The molecule has 0 spiro atoms. The van der Waals surface area contributed by atoms with Crippen LogP contribution in [0, 0.1) is 5.82 Å². The molecule has 1 aromatic heterocycles. The third kappa shape index (κ3) is 2.47. The highest BCUT2D eigenvalue weighted by atomic mass is 79.9. The molecule has 1 aliphatic heterocycles. The molecule has 1 saturated heterocycles. The van der Waals surface area contributed by atoms with Gasteiger partial charge in [-0.1, -0.05) is 15.9 Å². The Labute approximate surface area is 129 Å². The van der Waals surface area contributed by atoms with Gasteiger partial charge >= 0.3 is 0 Å². The molecule has 3 rings (SSSR count). The van der Waals surface area contributed by atoms with E-state index in [2.05, 4.69) is 39.7 Å². The van der Waals surface area contributed by atoms with Crippen LogP contribution in [0.1, 0.15) is 13.8 Å². The molecule has 0 saturated carbocycles. The van der Waals surface area contributed by atoms with Gasteiger partial charge in [-0.05, 0) is 32.0 Å². The summed E-state index contributed by atoms with van der Waals surface area (Å²) in [7, 11) is 0. The molecule has 3 nitrogen and oxygen atoms in total. The van der Waals surface area contributed by atoms with Crippen molar-refractivity contribution in [3.63, 3.8) is 0 Å². The van der Waals surface area contributed by atoms with Gasteiger partial charge in [0.15, 0.2) is 5.13 Å². The maximum Gasteiger partial charge on any atom is 0.188 e. The second-order valence-corrected chi connectivity index (χ2v) is 7.11. The summed E-state index contributed by atoms with van der Waals surface area (Å²) in [5, 5.41) is 2.75. The third-order valence-corrected chi connectivity index (χ3v) is 4.69. The first kappa shape index (κ1) is 14.0. The van der Waals surface area contributed by atoms with Crippen LogP contribution in [-0.4, -0.2) is 23.9 Å². The Morgan fingerprint density at radius 1 is 1.45 bits per heavy atom. The van der Waals surface area contributed by atoms with Gasteiger partial charge in [0.1, 0.15) is 12.5 Å². The lowest BCUT2D eigenvalue weighted by molar-refractivity contribution is 0.184. The largest absolute Gasteiger partial charge is 0.359 e. The maximum atomic E-state index is 14.0. The van der Waals surface area contributed by atoms with E-state index >= 15 is 0 Å². The molecule has 106 valence electrons. The van der Waals surface area contributed by atoms with Crippen molar-refractivity contribution in [3.8, 4) is 11.3 Å². The van der Waals surface area contributed by atoms with Crippen LogP contribution < -0.4 is 4.90 Å². The molecular formula is C14H14BrFN2OS. The summed E-state index contributed by atoms with van der Waals surface area (Å²) in [5.74, 6) is -0.270. The zero-order valence-electron chi connectivity index (χ0n) is 11.2. The van der Waals surface area contributed by atoms with Crippen molar-refractivity contribution in [3.05, 3.63) is 33.9 Å². The van der Waals surface area contributed by atoms with Crippen LogP contribution in [0.4, 0.5) is 9.52 Å². The van der Waals surface area contributed by atoms with Crippen molar-refractivity contribution in [2.45, 2.75) is 19.4 Å². The molecular weight excluding hydrogens is 343 g/mol. The SMILES string of the molecule is CC1(C)COCN1c1nc(-c2ccc(Br)cc2F)cs1. The number of hydrogen-bond acceptors (Lipinski definition) is 4. The van der Waals surface area contributed by atoms with Crippen molar-refractivity contribution in [1.82, 2.24) is 4.98 Å². The summed E-state index contributed by atoms with van der Waals surface area (Å²) in [6.45, 7) is 5.43. The first-order valence-corrected chi connectivity index (χ1v) is 7.91. The van der Waals surface area contributed by atoms with Gasteiger partial charge in [-0.25, -0.2) is 9.37 Å². The van der Waals surface area contributed by atoms with E-state index in [1.54, 1.807) is 6.07 Å². The van der Waals surface area contributed by atoms with Crippen LogP contribution in [0.5, 0.6) is 0 Å². The number of benzene rings is 1. The highest BCUT2D eigenvalue weighted by molar-refractivity contribution is 9.10. The van der Waals surface area contributed by atoms with Gasteiger partial charge in [-0.2, -0.15) is 0 Å². The first-order chi connectivity index (χ1) is 9.47. The van der Waals surface area contributed by atoms with E-state index < -0.39 is 0 Å². The smallest absolute Gasteiger partial charge is 0.188 e. The van der Waals surface area contributed by atoms with Gasteiger partial charge in [0.25, 0.3) is 0 Å². The molecule has 2 aromatic rings. The Bertz CT molecular complexity index is 644. The number of ether oxygens (including phenoxy) is 1. The van der Waals surface area contributed by atoms with Crippen LogP contribution in [0.25, 0.3) is 11.3 Å². The zero-order valence-corrected chi connectivity index (χ0v) is 13.6. The van der Waals surface area contributed by atoms with Gasteiger partial charge in [-0.15, -0.1) is 11.3 Å². The van der Waals surface area contributed by atoms with E-state index in [4.69, 9.17) is 4.74 Å². The van der Waals surface area contributed by atoms with Crippen molar-refractivity contribution < 1.29 is 9.13 Å². The lowest BCUT2D eigenvalue weighted by Crippen LogP contribution is -2.40. The zero-order chi connectivity index (χ0) is 14.3. The molecule has 1 fully saturated rings. The molecule has 2 heterocycles. The minimum Gasteiger partial charge on any atom is -0.359 e. The van der Waals surface area contributed by atoms with Gasteiger partial charge < -0.3 is 9.64 Å². The summed E-state index contributed by atoms with van der Waals surface area (Å²) < 4.78 is 20.2. The summed E-state index contributed by atoms with van der Waals surface area (Å²) in [5.41, 5.74) is 1.11. The van der Waals surface area contributed by atoms with Gasteiger partial charge in [0.05, 0.1) is 17.8 Å². The second kappa shape index (κ2) is 5.09. The van der Waals surface area contributed by atoms with Crippen LogP contribution in [0.3, 0.4) is 0 Å². The Kier molecular flexibility index (Phi) is 3.56. The average molecular weight is 357 g/mol. The molecule has 0 aliphatic carbocycles. The Morgan fingerprint density at radius 3 is 2.90 bits per heavy atom. The van der Waals surface area contributed by atoms with Crippen molar-refractivity contribution in [1.29, 1.82) is 0 Å². The summed E-state index contributed by atoms with van der Waals surface area (Å²) >= 11 is 4.77. The molecule has 0 atom stereocenters. The maximum absolute atomic E-state index is 14.0. The van der Waals surface area contributed by atoms with Gasteiger partial charge in [0, 0.05) is 15.4 Å². The summed E-state index contributed by atoms with van der Waals surface area (Å²) in [6, 6.07) is 5.02. The van der Waals surface area contributed by atoms with E-state index in [1.807, 2.05) is 11.4 Å². The predicted molar refractivity (Wildman–Crippen MR) is 82.6 cm³/mol. The van der Waals surface area contributed by atoms with E-state index in [1.165, 1.54) is 17.4 Å². The molecule has 6 heteroatoms. The molecule has 1 aliphatic rings. The lowest BCUT2D eigenvalue weighted by Gasteiger charge is -2.28. The third-order valence-electron chi connectivity index (χ3n) is 3.34. The fourth-order valence-electron chi connectivity index (χ4n) is 2.16. The quantitative estimate of drug-likeness (QED) is 0.802. The number of hydrogen-bond donors (Lipinski definition) is 0. The minimum absolute atomic E-state index is 0.0760. The number of thiazole rings is 1. The lowest BCUT2D eigenvalue weighted by atomic mass is 10.1. The van der Waals surface area contributed by atoms with Crippen molar-refractivity contribution >= 4 is 32.4 Å². The Hall–Kier alpha value is -0.980. The van der Waals surface area contributed by atoms with Crippen LogP contribution in [-0.2, 0) is 4.74 Å². The number of anilines is 1. The molecule has 0 N–H and O–H groups in total. The van der Waals surface area contributed by atoms with E-state index in [0.29, 0.717) is 24.6 Å². The normalized spacial score (nSPS) is 17.7. The molecule has 0 bridgehead atoms. The predicted octanol–water partition coefficient (Wildman–Crippen LogP) is 4.28. The molecule has 0 unspecified atom stereocenters. The summed E-state index contributed by atoms with van der Waals surface area (Å²) in [6.07, 6.45) is 0. The number of aromatic nitrogens is 1. The number of halogens is 2. The highest BCUT2D eigenvalue weighted by Gasteiger charge is 2.34. The standard InChI is InChI=1S/C14H14BrFN2OS/c1-14(2)7-19-8-18(14)13-17-12(6-20-13)10-4-3-9(15)5-11(10)16/h3-6H,7-8H2,1-2H3. The van der Waals surface area contributed by atoms with Gasteiger partial charge in [0.2, 0.25) is 0 Å². The Morgan fingerprint density at radius 2 is 2.25 bits per heavy atom.